The number of rotatable bonds is 13. The first-order chi connectivity index (χ1) is 12.2. The molecule has 0 unspecified atom stereocenters. The molecule has 1 fully saturated rings. The molecule has 6 heteroatoms. The zero-order valence-corrected chi connectivity index (χ0v) is 22.7. The SMILES string of the molecule is CCCCC/C=C\C=C\[C@H]1C[C@@H]([C@H](CCCCC(=O)OC)[Hg][Br])OO1. The fraction of sp³-hybridized carbons (Fsp3) is 0.737. The number of hydrogen-bond acceptors (Lipinski definition) is 4. The Morgan fingerprint density at radius 3 is 2.84 bits per heavy atom. The molecule has 0 radical (unpaired) electrons. The van der Waals surface area contributed by atoms with Gasteiger partial charge in [-0.25, -0.2) is 0 Å². The summed E-state index contributed by atoms with van der Waals surface area (Å²) in [5.41, 5.74) is 0. The van der Waals surface area contributed by atoms with E-state index in [1.165, 1.54) is 26.4 Å². The number of carbonyl (C=O) groups excluding carboxylic acids is 1. The van der Waals surface area contributed by atoms with Gasteiger partial charge in [-0.2, -0.15) is 0 Å². The van der Waals surface area contributed by atoms with E-state index in [9.17, 15) is 4.79 Å². The summed E-state index contributed by atoms with van der Waals surface area (Å²) < 4.78 is 5.30. The zero-order valence-electron chi connectivity index (χ0n) is 15.6. The van der Waals surface area contributed by atoms with Crippen molar-refractivity contribution in [3.05, 3.63) is 24.3 Å². The molecule has 0 aromatic carbocycles. The number of unbranched alkanes of at least 4 members (excludes halogenated alkanes) is 4. The standard InChI is InChI=1S/C19H31O4.BrH.Hg/c1-3-4-5-6-7-8-10-13-17-16-18(23-22-17)14-11-9-12-15-19(20)21-2;;/h7-8,10,13-14,17-18H,3-6,9,11-12,15-16H2,1-2H3;1H;/q;;+1/p-1/b8-7-,13-10+;;/t17-,18+;;/m0../s1. The van der Waals surface area contributed by atoms with Gasteiger partial charge in [0, 0.05) is 0 Å². The summed E-state index contributed by atoms with van der Waals surface area (Å²) in [5, 5.41) is 0. The summed E-state index contributed by atoms with van der Waals surface area (Å²) in [5.74, 6) is -0.117. The van der Waals surface area contributed by atoms with E-state index in [-0.39, 0.29) is 18.2 Å². The summed E-state index contributed by atoms with van der Waals surface area (Å²) >= 11 is 2.70. The van der Waals surface area contributed by atoms with Crippen LogP contribution in [0.4, 0.5) is 0 Å². The minimum absolute atomic E-state index is 0.0651. The molecule has 140 valence electrons. The van der Waals surface area contributed by atoms with E-state index in [1.807, 2.05) is 0 Å². The summed E-state index contributed by atoms with van der Waals surface area (Å²) in [6.45, 7) is 2.22. The third-order valence-electron chi connectivity index (χ3n) is 4.47. The second-order valence-electron chi connectivity index (χ2n) is 6.55. The summed E-state index contributed by atoms with van der Waals surface area (Å²) in [7, 11) is 1.44. The Labute approximate surface area is 170 Å². The van der Waals surface area contributed by atoms with E-state index in [2.05, 4.69) is 47.9 Å². The molecule has 0 aromatic rings. The van der Waals surface area contributed by atoms with Gasteiger partial charge in [0.05, 0.1) is 0 Å². The molecule has 0 amide bonds. The van der Waals surface area contributed by atoms with Crippen molar-refractivity contribution >= 4 is 17.9 Å². The summed E-state index contributed by atoms with van der Waals surface area (Å²) in [4.78, 5) is 22.2. The Bertz CT molecular complexity index is 414. The molecule has 0 aliphatic carbocycles. The molecular formula is C19H31BrHgO4. The number of methoxy groups -OCH3 is 1. The van der Waals surface area contributed by atoms with Gasteiger partial charge in [-0.05, 0) is 0 Å². The van der Waals surface area contributed by atoms with Crippen LogP contribution in [0.1, 0.15) is 64.7 Å². The van der Waals surface area contributed by atoms with Crippen LogP contribution in [0.3, 0.4) is 0 Å². The summed E-state index contributed by atoms with van der Waals surface area (Å²) in [6.07, 6.45) is 18.3. The van der Waals surface area contributed by atoms with Gasteiger partial charge in [-0.3, -0.25) is 0 Å². The van der Waals surface area contributed by atoms with Gasteiger partial charge < -0.3 is 0 Å². The fourth-order valence-electron chi connectivity index (χ4n) is 2.85. The Balaban J connectivity index is 2.23. The predicted octanol–water partition coefficient (Wildman–Crippen LogP) is 5.68. The van der Waals surface area contributed by atoms with Crippen molar-refractivity contribution in [2.24, 2.45) is 0 Å². The van der Waals surface area contributed by atoms with Crippen LogP contribution < -0.4 is 0 Å². The van der Waals surface area contributed by atoms with Crippen molar-refractivity contribution in [3.63, 3.8) is 0 Å². The molecule has 0 saturated carbocycles. The molecule has 1 heterocycles. The van der Waals surface area contributed by atoms with Gasteiger partial charge in [-0.15, -0.1) is 0 Å². The molecule has 0 aromatic heterocycles. The number of hydrogen-bond donors (Lipinski definition) is 0. The number of ether oxygens (including phenoxy) is 1. The van der Waals surface area contributed by atoms with Crippen molar-refractivity contribution in [2.75, 3.05) is 7.11 Å². The normalized spacial score (nSPS) is 21.7. The Hall–Kier alpha value is 0.285. The van der Waals surface area contributed by atoms with Crippen LogP contribution in [0.25, 0.3) is 0 Å². The fourth-order valence-corrected chi connectivity index (χ4v) is 12.9. The second-order valence-corrected chi connectivity index (χ2v) is 17.5. The van der Waals surface area contributed by atoms with E-state index in [0.29, 0.717) is 9.85 Å². The quantitative estimate of drug-likeness (QED) is 0.0893. The average molecular weight is 604 g/mol. The Morgan fingerprint density at radius 2 is 2.12 bits per heavy atom. The first kappa shape index (κ1) is 23.3. The number of halogens is 1. The molecule has 1 aliphatic rings. The molecular weight excluding hydrogens is 573 g/mol. The van der Waals surface area contributed by atoms with Crippen LogP contribution in [0.2, 0.25) is 3.43 Å². The molecule has 3 atom stereocenters. The third-order valence-corrected chi connectivity index (χ3v) is 16.9. The van der Waals surface area contributed by atoms with E-state index >= 15 is 0 Å². The zero-order chi connectivity index (χ0) is 18.3. The van der Waals surface area contributed by atoms with E-state index < -0.39 is 22.1 Å². The number of carbonyl (C=O) groups is 1. The Morgan fingerprint density at radius 1 is 1.28 bits per heavy atom. The van der Waals surface area contributed by atoms with Crippen molar-refractivity contribution in [2.45, 2.75) is 80.3 Å². The number of allylic oxidation sites excluding steroid dienone is 3. The molecule has 1 rings (SSSR count). The van der Waals surface area contributed by atoms with E-state index in [4.69, 9.17) is 9.78 Å². The van der Waals surface area contributed by atoms with Crippen molar-refractivity contribution in [1.29, 1.82) is 0 Å². The van der Waals surface area contributed by atoms with Crippen molar-refractivity contribution in [3.8, 4) is 0 Å². The summed E-state index contributed by atoms with van der Waals surface area (Å²) in [6, 6.07) is 0. The molecule has 0 N–H and O–H groups in total. The van der Waals surface area contributed by atoms with Crippen LogP contribution in [0.15, 0.2) is 24.3 Å². The molecule has 25 heavy (non-hydrogen) atoms. The molecule has 1 saturated heterocycles. The minimum atomic E-state index is -1.10. The van der Waals surface area contributed by atoms with Gasteiger partial charge in [0.2, 0.25) is 0 Å². The van der Waals surface area contributed by atoms with Gasteiger partial charge in [0.25, 0.3) is 0 Å². The topological polar surface area (TPSA) is 44.8 Å². The van der Waals surface area contributed by atoms with Crippen LogP contribution in [-0.2, 0) is 41.5 Å². The number of esters is 1. The molecule has 4 nitrogen and oxygen atoms in total. The van der Waals surface area contributed by atoms with Crippen molar-refractivity contribution in [1.82, 2.24) is 0 Å². The van der Waals surface area contributed by atoms with Gasteiger partial charge in [-0.1, -0.05) is 6.92 Å². The average Bonchev–Trinajstić information content (AvgIpc) is 3.09. The maximum atomic E-state index is 11.1. The van der Waals surface area contributed by atoms with Crippen LogP contribution in [0.5, 0.6) is 0 Å². The van der Waals surface area contributed by atoms with Gasteiger partial charge >= 0.3 is 164 Å². The Kier molecular flexibility index (Phi) is 14.3. The predicted molar refractivity (Wildman–Crippen MR) is 99.9 cm³/mol. The molecule has 0 bridgehead atoms. The maximum absolute atomic E-state index is 11.1. The van der Waals surface area contributed by atoms with Crippen LogP contribution in [-0.4, -0.2) is 25.3 Å². The monoisotopic (exact) mass is 604 g/mol. The van der Waals surface area contributed by atoms with Gasteiger partial charge in [0.15, 0.2) is 0 Å². The molecule has 0 spiro atoms. The van der Waals surface area contributed by atoms with Crippen LogP contribution in [0, 0.1) is 0 Å². The third kappa shape index (κ3) is 10.9. The van der Waals surface area contributed by atoms with E-state index in [0.717, 1.165) is 32.1 Å². The second kappa shape index (κ2) is 15.4. The first-order valence-corrected chi connectivity index (χ1v) is 24.6. The molecule has 1 aliphatic heterocycles. The van der Waals surface area contributed by atoms with E-state index in [1.54, 1.807) is 0 Å². The van der Waals surface area contributed by atoms with Gasteiger partial charge in [0.1, 0.15) is 0 Å². The first-order valence-electron chi connectivity index (χ1n) is 9.49. The van der Waals surface area contributed by atoms with Crippen LogP contribution >= 0.6 is 11.9 Å². The van der Waals surface area contributed by atoms with Crippen molar-refractivity contribution < 1.29 is 41.5 Å².